The van der Waals surface area contributed by atoms with Crippen molar-refractivity contribution in [1.82, 2.24) is 4.90 Å². The molecule has 4 heteroatoms. The van der Waals surface area contributed by atoms with Gasteiger partial charge in [-0.15, -0.1) is 0 Å². The van der Waals surface area contributed by atoms with Crippen molar-refractivity contribution in [3.05, 3.63) is 0 Å². The highest BCUT2D eigenvalue weighted by Crippen LogP contribution is 1.92. The first-order valence-corrected chi connectivity index (χ1v) is 4.90. The summed E-state index contributed by atoms with van der Waals surface area (Å²) in [5.41, 5.74) is 0. The van der Waals surface area contributed by atoms with Crippen molar-refractivity contribution in [1.29, 1.82) is 0 Å². The number of aliphatic hydroxyl groups excluding tert-OH is 3. The molecule has 0 rings (SSSR count). The summed E-state index contributed by atoms with van der Waals surface area (Å²) in [4.78, 5) is 2.16. The van der Waals surface area contributed by atoms with Gasteiger partial charge in [0.05, 0.1) is 0 Å². The maximum atomic E-state index is 8.64. The minimum absolute atomic E-state index is 0.203. The summed E-state index contributed by atoms with van der Waals surface area (Å²) in [6, 6.07) is 0. The molecule has 79 valence electrons. The molecule has 1 radical (unpaired) electrons. The highest BCUT2D eigenvalue weighted by molar-refractivity contribution is 4.63. The highest BCUT2D eigenvalue weighted by Gasteiger charge is 2.12. The van der Waals surface area contributed by atoms with Crippen molar-refractivity contribution in [2.45, 2.75) is 19.3 Å². The molecule has 13 heavy (non-hydrogen) atoms. The minimum Gasteiger partial charge on any atom is -0.396 e. The lowest BCUT2D eigenvalue weighted by Crippen LogP contribution is -2.34. The van der Waals surface area contributed by atoms with E-state index in [1.54, 1.807) is 0 Å². The van der Waals surface area contributed by atoms with E-state index in [-0.39, 0.29) is 19.8 Å². The second-order valence-electron chi connectivity index (χ2n) is 3.07. The van der Waals surface area contributed by atoms with Crippen LogP contribution in [-0.2, 0) is 0 Å². The molecule has 0 atom stereocenters. The largest absolute Gasteiger partial charge is 0.396 e. The number of aliphatic hydroxyl groups is 3. The van der Waals surface area contributed by atoms with Crippen LogP contribution in [-0.4, -0.2) is 54.8 Å². The lowest BCUT2D eigenvalue weighted by atomic mass is 10.3. The van der Waals surface area contributed by atoms with Gasteiger partial charge in [0.15, 0.2) is 0 Å². The first kappa shape index (κ1) is 12.8. The van der Waals surface area contributed by atoms with E-state index in [9.17, 15) is 0 Å². The van der Waals surface area contributed by atoms with Gasteiger partial charge >= 0.3 is 0 Å². The van der Waals surface area contributed by atoms with Crippen LogP contribution >= 0.6 is 0 Å². The first-order chi connectivity index (χ1) is 6.35. The highest BCUT2D eigenvalue weighted by atomic mass is 16.3. The third-order valence-corrected chi connectivity index (χ3v) is 1.90. The monoisotopic (exact) mass is 191 g/mol. The summed E-state index contributed by atoms with van der Waals surface area (Å²) in [6.07, 6.45) is 2.28. The molecule has 0 aliphatic rings. The molecule has 3 N–H and O–H groups in total. The molecule has 0 aliphatic heterocycles. The second kappa shape index (κ2) is 9.92. The van der Waals surface area contributed by atoms with Crippen LogP contribution in [0.5, 0.6) is 0 Å². The van der Waals surface area contributed by atoms with Crippen molar-refractivity contribution in [2.75, 3.05) is 39.5 Å². The van der Waals surface area contributed by atoms with Gasteiger partial charge in [-0.1, -0.05) is 0 Å². The molecule has 0 unspecified atom stereocenters. The topological polar surface area (TPSA) is 66.6 Å². The molecular weight excluding hydrogens is 170 g/mol. The van der Waals surface area contributed by atoms with Crippen LogP contribution in [0.15, 0.2) is 0 Å². The van der Waals surface area contributed by atoms with Gasteiger partial charge in [-0.2, -0.15) is 4.90 Å². The average molecular weight is 191 g/mol. The fraction of sp³-hybridized carbons (Fsp3) is 1.00. The summed E-state index contributed by atoms with van der Waals surface area (Å²) >= 11 is 0. The van der Waals surface area contributed by atoms with Gasteiger partial charge in [0.25, 0.3) is 0 Å². The van der Waals surface area contributed by atoms with Gasteiger partial charge in [-0.3, -0.25) is 0 Å². The van der Waals surface area contributed by atoms with Crippen molar-refractivity contribution in [3.63, 3.8) is 0 Å². The molecule has 0 heterocycles. The van der Waals surface area contributed by atoms with Gasteiger partial charge < -0.3 is 15.3 Å². The van der Waals surface area contributed by atoms with Crippen LogP contribution < -0.4 is 4.90 Å². The smallest absolute Gasteiger partial charge is 0.125 e. The Morgan fingerprint density at radius 2 is 0.923 bits per heavy atom. The van der Waals surface area contributed by atoms with Gasteiger partial charge in [0, 0.05) is 39.1 Å². The molecule has 0 saturated heterocycles. The minimum atomic E-state index is 0.203. The molecule has 0 spiro atoms. The van der Waals surface area contributed by atoms with Crippen LogP contribution in [0.3, 0.4) is 0 Å². The summed E-state index contributed by atoms with van der Waals surface area (Å²) in [7, 11) is 0. The van der Waals surface area contributed by atoms with Gasteiger partial charge in [0.1, 0.15) is 19.6 Å². The molecule has 0 bridgehead atoms. The zero-order valence-corrected chi connectivity index (χ0v) is 8.15. The van der Waals surface area contributed by atoms with Gasteiger partial charge in [0.2, 0.25) is 0 Å². The fourth-order valence-electron chi connectivity index (χ4n) is 1.22. The third-order valence-electron chi connectivity index (χ3n) is 1.90. The molecule has 0 amide bonds. The summed E-state index contributed by atoms with van der Waals surface area (Å²) < 4.78 is 0. The number of hydrogen-bond acceptors (Lipinski definition) is 4. The Labute approximate surface area is 79.8 Å². The zero-order valence-electron chi connectivity index (χ0n) is 8.15. The van der Waals surface area contributed by atoms with Crippen LogP contribution in [0, 0.1) is 0 Å². The summed E-state index contributed by atoms with van der Waals surface area (Å²) in [5, 5.41) is 25.9. The second-order valence-corrected chi connectivity index (χ2v) is 3.07. The average Bonchev–Trinajstić information content (AvgIpc) is 2.17. The fourth-order valence-corrected chi connectivity index (χ4v) is 1.22. The van der Waals surface area contributed by atoms with Crippen molar-refractivity contribution in [3.8, 4) is 0 Å². The van der Waals surface area contributed by atoms with E-state index in [4.69, 9.17) is 15.3 Å². The first-order valence-electron chi connectivity index (χ1n) is 4.90. The Kier molecular flexibility index (Phi) is 9.80. The molecule has 0 saturated carbocycles. The lowest BCUT2D eigenvalue weighted by Gasteiger charge is -2.10. The molecule has 0 aliphatic carbocycles. The van der Waals surface area contributed by atoms with Crippen LogP contribution in [0.1, 0.15) is 19.3 Å². The Hall–Kier alpha value is -0.160. The molecule has 0 aromatic carbocycles. The maximum absolute atomic E-state index is 8.64. The van der Waals surface area contributed by atoms with E-state index in [2.05, 4.69) is 4.90 Å². The Morgan fingerprint density at radius 3 is 1.15 bits per heavy atom. The summed E-state index contributed by atoms with van der Waals surface area (Å²) in [6.45, 7) is 3.14. The predicted molar refractivity (Wildman–Crippen MR) is 51.8 cm³/mol. The zero-order chi connectivity index (χ0) is 9.94. The van der Waals surface area contributed by atoms with Crippen molar-refractivity contribution in [2.24, 2.45) is 0 Å². The lowest BCUT2D eigenvalue weighted by molar-refractivity contribution is 0.234. The molecule has 0 aromatic heterocycles. The van der Waals surface area contributed by atoms with E-state index >= 15 is 0 Å². The standard InChI is InChI=1S/C9H21NO3/c11-7-1-4-10(5-2-8-12)6-3-9-13/h11-13H,1-9H2/q+1. The van der Waals surface area contributed by atoms with E-state index in [0.29, 0.717) is 0 Å². The van der Waals surface area contributed by atoms with Crippen molar-refractivity contribution >= 4 is 0 Å². The Balaban J connectivity index is 3.47. The third kappa shape index (κ3) is 8.18. The molecular formula is C9H21NO3+. The van der Waals surface area contributed by atoms with Gasteiger partial charge in [-0.25, -0.2) is 0 Å². The van der Waals surface area contributed by atoms with Crippen LogP contribution in [0.2, 0.25) is 0 Å². The normalized spacial score (nSPS) is 11.1. The van der Waals surface area contributed by atoms with E-state index < -0.39 is 0 Å². The number of rotatable bonds is 9. The predicted octanol–water partition coefficient (Wildman–Crippen LogP) is -0.726. The van der Waals surface area contributed by atoms with Gasteiger partial charge in [-0.05, 0) is 0 Å². The Morgan fingerprint density at radius 1 is 0.615 bits per heavy atom. The SMILES string of the molecule is OCCC[N+](CCCO)CCCO. The van der Waals surface area contributed by atoms with Crippen LogP contribution in [0.4, 0.5) is 0 Å². The van der Waals surface area contributed by atoms with E-state index in [1.807, 2.05) is 0 Å². The molecule has 4 nitrogen and oxygen atoms in total. The Bertz CT molecular complexity index is 81.8. The van der Waals surface area contributed by atoms with E-state index in [1.165, 1.54) is 0 Å². The van der Waals surface area contributed by atoms with Crippen LogP contribution in [0.25, 0.3) is 0 Å². The van der Waals surface area contributed by atoms with E-state index in [0.717, 1.165) is 38.9 Å². The quantitative estimate of drug-likeness (QED) is 0.421. The summed E-state index contributed by atoms with van der Waals surface area (Å²) in [5.74, 6) is 0. The maximum Gasteiger partial charge on any atom is 0.125 e. The molecule has 0 fully saturated rings. The molecule has 0 aromatic rings. The van der Waals surface area contributed by atoms with Crippen molar-refractivity contribution < 1.29 is 15.3 Å². The number of hydrogen-bond donors (Lipinski definition) is 3. The number of nitrogens with zero attached hydrogens (tertiary/aromatic N) is 1.